The van der Waals surface area contributed by atoms with Gasteiger partial charge in [0.15, 0.2) is 0 Å². The largest absolute Gasteiger partial charge is 2.00 e. The molecule has 2 aliphatic carbocycles. The fraction of sp³-hybridized carbons (Fsp3) is 0.467. The minimum absolute atomic E-state index is 0. The van der Waals surface area contributed by atoms with E-state index in [1.165, 1.54) is 53.5 Å². The second-order valence-electron chi connectivity index (χ2n) is 8.80. The summed E-state index contributed by atoms with van der Waals surface area (Å²) in [6.45, 7) is 13.1. The van der Waals surface area contributed by atoms with E-state index in [-0.39, 0.29) is 32.2 Å². The topological polar surface area (TPSA) is 23.8 Å². The van der Waals surface area contributed by atoms with Crippen molar-refractivity contribution in [3.05, 3.63) is 89.2 Å². The van der Waals surface area contributed by atoms with Crippen LogP contribution in [0.1, 0.15) is 66.2 Å². The third-order valence-electron chi connectivity index (χ3n) is 5.97. The number of allylic oxidation sites excluding steroid dienone is 4. The first-order chi connectivity index (χ1) is 15.4. The molecule has 0 heterocycles. The van der Waals surface area contributed by atoms with Gasteiger partial charge in [-0.3, -0.25) is 6.08 Å². The van der Waals surface area contributed by atoms with E-state index >= 15 is 0 Å². The van der Waals surface area contributed by atoms with E-state index in [4.69, 9.17) is 5.73 Å². The molecule has 0 aromatic heterocycles. The molecule has 2 aliphatic rings. The summed E-state index contributed by atoms with van der Waals surface area (Å²) in [5.74, 6) is 0.560. The molecular weight excluding hydrogens is 494 g/mol. The van der Waals surface area contributed by atoms with Gasteiger partial charge < -0.3 is 5.73 Å². The smallest absolute Gasteiger partial charge is 0.675 e. The standard InChI is InChI=1S/C12H10.C9H13.C7H14N.C2H7Si.Zr/c1-3-7-11(8-4-1)12-9-5-2-6-10-12;1-6-5-7(2)9(4)8(6)3;8-7-5-3-1-2-4-6-7;1-3-2;/h1-10H;6H,1-4H3;7-8H,1-6H2;3H,1-2H3;/q;2*-1;;+2. The molecule has 4 rings (SSSR count). The minimum Gasteiger partial charge on any atom is -0.675 e. The Morgan fingerprint density at radius 2 is 1.15 bits per heavy atom. The summed E-state index contributed by atoms with van der Waals surface area (Å²) in [5, 5.41) is 0. The Balaban J connectivity index is 0.000000442. The van der Waals surface area contributed by atoms with Gasteiger partial charge in [-0.05, 0) is 11.1 Å². The molecule has 3 heteroatoms. The molecule has 1 atom stereocenters. The van der Waals surface area contributed by atoms with Crippen molar-refractivity contribution in [1.82, 2.24) is 0 Å². The van der Waals surface area contributed by atoms with Crippen molar-refractivity contribution in [2.24, 2.45) is 5.92 Å². The molecule has 0 aliphatic heterocycles. The molecule has 0 saturated heterocycles. The van der Waals surface area contributed by atoms with Crippen LogP contribution in [-0.2, 0) is 26.2 Å². The second kappa shape index (κ2) is 19.3. The summed E-state index contributed by atoms with van der Waals surface area (Å²) in [5.41, 5.74) is 14.2. The molecule has 1 nitrogen and oxygen atoms in total. The number of hydrogen-bond acceptors (Lipinski definition) is 0. The molecule has 177 valence electrons. The Kier molecular flexibility index (Phi) is 18.7. The third-order valence-corrected chi connectivity index (χ3v) is 5.97. The average Bonchev–Trinajstić information content (AvgIpc) is 2.99. The zero-order valence-electron chi connectivity index (χ0n) is 21.7. The van der Waals surface area contributed by atoms with Crippen LogP contribution in [0.4, 0.5) is 0 Å². The fourth-order valence-corrected chi connectivity index (χ4v) is 3.70. The van der Waals surface area contributed by atoms with Crippen molar-refractivity contribution in [2.45, 2.75) is 85.4 Å². The van der Waals surface area contributed by atoms with Crippen LogP contribution in [0.5, 0.6) is 0 Å². The van der Waals surface area contributed by atoms with Gasteiger partial charge in [0.1, 0.15) is 0 Å². The summed E-state index contributed by atoms with van der Waals surface area (Å²) < 4.78 is 0. The normalized spacial score (nSPS) is 17.5. The quantitative estimate of drug-likeness (QED) is 0.196. The van der Waals surface area contributed by atoms with Crippen LogP contribution >= 0.6 is 0 Å². The first-order valence-electron chi connectivity index (χ1n) is 12.2. The van der Waals surface area contributed by atoms with Crippen molar-refractivity contribution in [3.63, 3.8) is 0 Å². The van der Waals surface area contributed by atoms with Crippen LogP contribution in [0, 0.1) is 12.0 Å². The van der Waals surface area contributed by atoms with E-state index in [2.05, 4.69) is 95.4 Å². The average molecular weight is 538 g/mol. The summed E-state index contributed by atoms with van der Waals surface area (Å²) >= 11 is 0. The number of benzene rings is 2. The zero-order chi connectivity index (χ0) is 23.8. The van der Waals surface area contributed by atoms with E-state index in [1.807, 2.05) is 12.1 Å². The molecule has 1 unspecified atom stereocenters. The third kappa shape index (κ3) is 13.5. The Hall–Kier alpha value is -1.02. The maximum Gasteiger partial charge on any atom is 2.00 e. The Morgan fingerprint density at radius 1 is 0.758 bits per heavy atom. The SMILES string of the molecule is CC1=[C-]C(C)C(C)=C1C.C[SiH]C.[NH-]C1CCCCCC1.[Zr+2].c1ccc(-c2ccccc2)cc1. The van der Waals surface area contributed by atoms with Crippen molar-refractivity contribution >= 4 is 9.52 Å². The van der Waals surface area contributed by atoms with Crippen LogP contribution in [0.2, 0.25) is 13.1 Å². The van der Waals surface area contributed by atoms with E-state index in [0.29, 0.717) is 5.92 Å². The summed E-state index contributed by atoms with van der Waals surface area (Å²) in [6.07, 6.45) is 11.0. The van der Waals surface area contributed by atoms with Crippen molar-refractivity contribution in [3.8, 4) is 11.1 Å². The monoisotopic (exact) mass is 536 g/mol. The van der Waals surface area contributed by atoms with E-state index in [9.17, 15) is 0 Å². The molecule has 0 amide bonds. The zero-order valence-corrected chi connectivity index (χ0v) is 25.4. The van der Waals surface area contributed by atoms with E-state index < -0.39 is 0 Å². The van der Waals surface area contributed by atoms with Crippen molar-refractivity contribution in [2.75, 3.05) is 0 Å². The first kappa shape index (κ1) is 32.0. The Bertz CT molecular complexity index is 753. The maximum atomic E-state index is 7.41. The second-order valence-corrected chi connectivity index (χ2v) is 9.95. The van der Waals surface area contributed by atoms with Crippen molar-refractivity contribution in [1.29, 1.82) is 0 Å². The predicted molar refractivity (Wildman–Crippen MR) is 147 cm³/mol. The number of hydrogen-bond donors (Lipinski definition) is 0. The van der Waals surface area contributed by atoms with Crippen LogP contribution in [-0.4, -0.2) is 15.6 Å². The molecule has 0 spiro atoms. The van der Waals surface area contributed by atoms with Crippen LogP contribution in [0.25, 0.3) is 16.9 Å². The van der Waals surface area contributed by atoms with E-state index in [0.717, 1.165) is 22.4 Å². The first-order valence-corrected chi connectivity index (χ1v) is 14.5. The molecular formula is C30H44NSiZr. The Morgan fingerprint density at radius 3 is 1.42 bits per heavy atom. The van der Waals surface area contributed by atoms with Crippen LogP contribution in [0.15, 0.2) is 77.4 Å². The summed E-state index contributed by atoms with van der Waals surface area (Å²) in [6, 6.07) is 21.1. The van der Waals surface area contributed by atoms with Gasteiger partial charge in [-0.1, -0.05) is 139 Å². The molecule has 1 fully saturated rings. The van der Waals surface area contributed by atoms with E-state index in [1.54, 1.807) is 0 Å². The molecule has 33 heavy (non-hydrogen) atoms. The summed E-state index contributed by atoms with van der Waals surface area (Å²) in [4.78, 5) is 0. The fourth-order valence-electron chi connectivity index (χ4n) is 3.70. The number of rotatable bonds is 1. The van der Waals surface area contributed by atoms with Crippen molar-refractivity contribution < 1.29 is 26.2 Å². The van der Waals surface area contributed by atoms with Gasteiger partial charge in [0.05, 0.1) is 0 Å². The van der Waals surface area contributed by atoms with Gasteiger partial charge in [-0.25, -0.2) is 5.57 Å². The molecule has 1 radical (unpaired) electrons. The molecule has 2 aromatic carbocycles. The maximum absolute atomic E-state index is 7.41. The van der Waals surface area contributed by atoms with Gasteiger partial charge in [-0.2, -0.15) is 11.1 Å². The predicted octanol–water partition coefficient (Wildman–Crippen LogP) is 9.35. The molecule has 2 aromatic rings. The van der Waals surface area contributed by atoms with Gasteiger partial charge >= 0.3 is 26.2 Å². The van der Waals surface area contributed by atoms with Crippen LogP contribution in [0.3, 0.4) is 0 Å². The Labute approximate surface area is 226 Å². The number of nitrogens with one attached hydrogen (secondary N) is 1. The van der Waals surface area contributed by atoms with Gasteiger partial charge in [0.2, 0.25) is 0 Å². The summed E-state index contributed by atoms with van der Waals surface area (Å²) in [7, 11) is 0.750. The van der Waals surface area contributed by atoms with Gasteiger partial charge in [0.25, 0.3) is 0 Å². The van der Waals surface area contributed by atoms with Gasteiger partial charge in [-0.15, -0.1) is 13.0 Å². The molecule has 0 bridgehead atoms. The van der Waals surface area contributed by atoms with Gasteiger partial charge in [0, 0.05) is 9.52 Å². The minimum atomic E-state index is 0. The molecule has 1 N–H and O–H groups in total. The molecule has 1 saturated carbocycles. The van der Waals surface area contributed by atoms with Crippen LogP contribution < -0.4 is 0 Å².